The minimum atomic E-state index is -3.84. The first-order chi connectivity index (χ1) is 7.23. The summed E-state index contributed by atoms with van der Waals surface area (Å²) in [5, 5.41) is 4.96. The molecule has 2 rings (SSSR count). The number of sulfone groups is 1. The molecule has 0 saturated heterocycles. The van der Waals surface area contributed by atoms with Crippen molar-refractivity contribution >= 4 is 31.2 Å². The predicted molar refractivity (Wildman–Crippen MR) is 60.3 cm³/mol. The molecule has 0 unspecified atom stereocenters. The molecular formula is C8H9NO4S3. The average molecular weight is 279 g/mol. The lowest BCUT2D eigenvalue weighted by molar-refractivity contribution is 0.596. The standard InChI is InChI=1S/C8H9NO4S3/c1-5-2-3-6-4-7(16(9,12)13)14-8(6)15(5,10)11/h4H,1-3H2,(H2,9,12,13). The van der Waals surface area contributed by atoms with Gasteiger partial charge in [0.1, 0.15) is 8.42 Å². The quantitative estimate of drug-likeness (QED) is 0.815. The van der Waals surface area contributed by atoms with Crippen molar-refractivity contribution in [3.05, 3.63) is 23.1 Å². The van der Waals surface area contributed by atoms with Crippen LogP contribution in [-0.2, 0) is 26.3 Å². The van der Waals surface area contributed by atoms with Crippen molar-refractivity contribution in [1.29, 1.82) is 0 Å². The first-order valence-corrected chi connectivity index (χ1v) is 8.16. The lowest BCUT2D eigenvalue weighted by atomic mass is 10.2. The van der Waals surface area contributed by atoms with Crippen molar-refractivity contribution in [2.45, 2.75) is 21.3 Å². The predicted octanol–water partition coefficient (Wildman–Crippen LogP) is 0.629. The van der Waals surface area contributed by atoms with E-state index >= 15 is 0 Å². The molecule has 1 aliphatic heterocycles. The summed E-state index contributed by atoms with van der Waals surface area (Å²) in [6, 6.07) is 1.33. The number of thiophene rings is 1. The summed E-state index contributed by atoms with van der Waals surface area (Å²) in [6.45, 7) is 3.48. The Morgan fingerprint density at radius 3 is 2.56 bits per heavy atom. The molecule has 1 aromatic heterocycles. The van der Waals surface area contributed by atoms with Crippen LogP contribution in [0.4, 0.5) is 0 Å². The summed E-state index contributed by atoms with van der Waals surface area (Å²) >= 11 is 0.691. The molecule has 0 saturated carbocycles. The van der Waals surface area contributed by atoms with Crippen LogP contribution in [-0.4, -0.2) is 16.8 Å². The van der Waals surface area contributed by atoms with E-state index in [2.05, 4.69) is 6.58 Å². The third-order valence-corrected chi connectivity index (χ3v) is 7.34. The molecule has 0 aliphatic carbocycles. The molecule has 0 amide bonds. The third kappa shape index (κ3) is 1.71. The average Bonchev–Trinajstić information content (AvgIpc) is 2.56. The molecule has 0 spiro atoms. The molecule has 88 valence electrons. The van der Waals surface area contributed by atoms with Crippen LogP contribution in [0.2, 0.25) is 0 Å². The fraction of sp³-hybridized carbons (Fsp3) is 0.250. The summed E-state index contributed by atoms with van der Waals surface area (Å²) in [6.07, 6.45) is 0.815. The molecule has 16 heavy (non-hydrogen) atoms. The van der Waals surface area contributed by atoms with E-state index in [0.29, 0.717) is 29.7 Å². The van der Waals surface area contributed by atoms with E-state index < -0.39 is 19.9 Å². The van der Waals surface area contributed by atoms with Crippen molar-refractivity contribution in [3.8, 4) is 0 Å². The van der Waals surface area contributed by atoms with E-state index in [-0.39, 0.29) is 13.3 Å². The van der Waals surface area contributed by atoms with E-state index in [1.165, 1.54) is 6.07 Å². The van der Waals surface area contributed by atoms with Crippen LogP contribution in [0.15, 0.2) is 26.0 Å². The Kier molecular flexibility index (Phi) is 2.50. The highest BCUT2D eigenvalue weighted by Crippen LogP contribution is 2.38. The summed E-state index contributed by atoms with van der Waals surface area (Å²) < 4.78 is 45.8. The first kappa shape index (κ1) is 11.8. The number of nitrogens with two attached hydrogens (primary N) is 1. The minimum absolute atomic E-state index is 0.0628. The molecule has 0 atom stereocenters. The first-order valence-electron chi connectivity index (χ1n) is 4.31. The SMILES string of the molecule is C=C1CCc2cc(S(N)(=O)=O)sc2S1(=O)=O. The van der Waals surface area contributed by atoms with E-state index in [1.54, 1.807) is 0 Å². The highest BCUT2D eigenvalue weighted by Gasteiger charge is 2.31. The minimum Gasteiger partial charge on any atom is -0.224 e. The van der Waals surface area contributed by atoms with Crippen molar-refractivity contribution in [2.24, 2.45) is 5.14 Å². The van der Waals surface area contributed by atoms with Gasteiger partial charge in [0.2, 0.25) is 19.9 Å². The highest BCUT2D eigenvalue weighted by molar-refractivity contribution is 7.98. The number of sulfonamides is 1. The van der Waals surface area contributed by atoms with Crippen molar-refractivity contribution in [2.75, 3.05) is 0 Å². The van der Waals surface area contributed by atoms with Crippen LogP contribution in [0.25, 0.3) is 0 Å². The van der Waals surface area contributed by atoms with Gasteiger partial charge in [-0.1, -0.05) is 6.58 Å². The molecule has 2 N–H and O–H groups in total. The van der Waals surface area contributed by atoms with E-state index in [9.17, 15) is 16.8 Å². The fourth-order valence-electron chi connectivity index (χ4n) is 1.47. The van der Waals surface area contributed by atoms with Crippen molar-refractivity contribution in [3.63, 3.8) is 0 Å². The Bertz CT molecular complexity index is 666. The van der Waals surface area contributed by atoms with Gasteiger partial charge in [0.25, 0.3) is 0 Å². The molecule has 0 bridgehead atoms. The fourth-order valence-corrected chi connectivity index (χ4v) is 5.53. The molecule has 0 radical (unpaired) electrons. The zero-order valence-electron chi connectivity index (χ0n) is 8.13. The maximum absolute atomic E-state index is 11.8. The molecule has 5 nitrogen and oxygen atoms in total. The topological polar surface area (TPSA) is 94.3 Å². The molecule has 0 aromatic carbocycles. The van der Waals surface area contributed by atoms with Gasteiger partial charge < -0.3 is 0 Å². The van der Waals surface area contributed by atoms with Gasteiger partial charge in [0.15, 0.2) is 0 Å². The maximum Gasteiger partial charge on any atom is 0.247 e. The number of primary sulfonamides is 1. The third-order valence-electron chi connectivity index (χ3n) is 2.33. The molecule has 1 aromatic rings. The Hall–Kier alpha value is -0.700. The van der Waals surface area contributed by atoms with E-state index in [0.717, 1.165) is 0 Å². The van der Waals surface area contributed by atoms with Gasteiger partial charge in [-0.3, -0.25) is 0 Å². The molecule has 2 heterocycles. The molecule has 0 fully saturated rings. The van der Waals surface area contributed by atoms with Gasteiger partial charge in [0, 0.05) is 4.91 Å². The second-order valence-electron chi connectivity index (χ2n) is 3.47. The van der Waals surface area contributed by atoms with Crippen LogP contribution in [0.5, 0.6) is 0 Å². The summed E-state index contributed by atoms with van der Waals surface area (Å²) in [4.78, 5) is 0.128. The van der Waals surface area contributed by atoms with Gasteiger partial charge in [0.05, 0.1) is 0 Å². The summed E-state index contributed by atoms with van der Waals surface area (Å²) in [7, 11) is -7.40. The number of rotatable bonds is 1. The van der Waals surface area contributed by atoms with Gasteiger partial charge in [-0.2, -0.15) is 0 Å². The largest absolute Gasteiger partial charge is 0.247 e. The zero-order chi connectivity index (χ0) is 12.1. The zero-order valence-corrected chi connectivity index (χ0v) is 10.6. The number of fused-ring (bicyclic) bond motifs is 1. The van der Waals surface area contributed by atoms with Crippen LogP contribution < -0.4 is 5.14 Å². The normalized spacial score (nSPS) is 19.4. The van der Waals surface area contributed by atoms with Gasteiger partial charge in [-0.15, -0.1) is 11.3 Å². The summed E-state index contributed by atoms with van der Waals surface area (Å²) in [5.41, 5.74) is 0.515. The highest BCUT2D eigenvalue weighted by atomic mass is 32.3. The van der Waals surface area contributed by atoms with E-state index in [1.807, 2.05) is 0 Å². The van der Waals surface area contributed by atoms with Crippen molar-refractivity contribution < 1.29 is 16.8 Å². The smallest absolute Gasteiger partial charge is 0.224 e. The second-order valence-corrected chi connectivity index (χ2v) is 8.56. The van der Waals surface area contributed by atoms with Gasteiger partial charge >= 0.3 is 0 Å². The van der Waals surface area contributed by atoms with E-state index in [4.69, 9.17) is 5.14 Å². The van der Waals surface area contributed by atoms with Gasteiger partial charge in [-0.25, -0.2) is 22.0 Å². The Morgan fingerprint density at radius 1 is 1.38 bits per heavy atom. The Balaban J connectivity index is 2.72. The molecular weight excluding hydrogens is 270 g/mol. The van der Waals surface area contributed by atoms with Crippen LogP contribution in [0.1, 0.15) is 12.0 Å². The Morgan fingerprint density at radius 2 is 2.00 bits per heavy atom. The number of hydrogen-bond donors (Lipinski definition) is 1. The molecule has 1 aliphatic rings. The number of hydrogen-bond acceptors (Lipinski definition) is 5. The van der Waals surface area contributed by atoms with Crippen LogP contribution in [0, 0.1) is 0 Å². The van der Waals surface area contributed by atoms with Crippen molar-refractivity contribution in [1.82, 2.24) is 0 Å². The van der Waals surface area contributed by atoms with Crippen LogP contribution in [0.3, 0.4) is 0 Å². The molecule has 8 heteroatoms. The summed E-state index contributed by atoms with van der Waals surface area (Å²) in [5.74, 6) is 0. The van der Waals surface area contributed by atoms with Gasteiger partial charge in [-0.05, 0) is 24.5 Å². The maximum atomic E-state index is 11.8. The lowest BCUT2D eigenvalue weighted by Crippen LogP contribution is -2.10. The monoisotopic (exact) mass is 279 g/mol. The lowest BCUT2D eigenvalue weighted by Gasteiger charge is -2.13. The Labute approximate surface area is 97.6 Å². The number of allylic oxidation sites excluding steroid dienone is 1. The number of aryl methyl sites for hydroxylation is 1. The van der Waals surface area contributed by atoms with Crippen LogP contribution >= 0.6 is 11.3 Å². The second kappa shape index (κ2) is 3.39.